The highest BCUT2D eigenvalue weighted by Crippen LogP contribution is 2.23. The Kier molecular flexibility index (Phi) is 1.71. The van der Waals surface area contributed by atoms with Crippen molar-refractivity contribution >= 4 is 5.91 Å². The van der Waals surface area contributed by atoms with Crippen LogP contribution < -0.4 is 11.5 Å². The maximum atomic E-state index is 10.4. The summed E-state index contributed by atoms with van der Waals surface area (Å²) < 4.78 is 0. The molecule has 1 amide bonds. The van der Waals surface area contributed by atoms with Crippen LogP contribution in [0.15, 0.2) is 0 Å². The minimum atomic E-state index is -0.486. The van der Waals surface area contributed by atoms with Crippen LogP contribution in [0.1, 0.15) is 19.3 Å². The predicted molar refractivity (Wildman–Crippen MR) is 33.4 cm³/mol. The van der Waals surface area contributed by atoms with Gasteiger partial charge in [0.25, 0.3) is 0 Å². The van der Waals surface area contributed by atoms with Gasteiger partial charge in [-0.3, -0.25) is 10.5 Å². The minimum absolute atomic E-state index is 0.0324. The third kappa shape index (κ3) is 1.21. The summed E-state index contributed by atoms with van der Waals surface area (Å²) in [6, 6.07) is -0.0324. The van der Waals surface area contributed by atoms with E-state index in [1.54, 1.807) is 0 Å². The highest BCUT2D eigenvalue weighted by Gasteiger charge is 2.28. The molecule has 9 heavy (non-hydrogen) atoms. The number of hydrogen-bond acceptors (Lipinski definition) is 2. The summed E-state index contributed by atoms with van der Waals surface area (Å²) in [7, 11) is 0. The molecule has 3 heteroatoms. The molecule has 51 valence electrons. The molecule has 0 heterocycles. The van der Waals surface area contributed by atoms with Gasteiger partial charge in [0.2, 0.25) is 5.91 Å². The Morgan fingerprint density at radius 3 is 2.44 bits per heavy atom. The van der Waals surface area contributed by atoms with E-state index in [0.29, 0.717) is 0 Å². The van der Waals surface area contributed by atoms with Crippen molar-refractivity contribution in [2.75, 3.05) is 0 Å². The van der Waals surface area contributed by atoms with Gasteiger partial charge in [-0.1, -0.05) is 6.42 Å². The summed E-state index contributed by atoms with van der Waals surface area (Å²) >= 11 is 0. The van der Waals surface area contributed by atoms with Crippen molar-refractivity contribution in [3.8, 4) is 0 Å². The summed E-state index contributed by atoms with van der Waals surface area (Å²) in [5, 5.41) is 0. The Hall–Kier alpha value is -0.570. The van der Waals surface area contributed by atoms with Crippen LogP contribution in [-0.4, -0.2) is 11.9 Å². The first-order valence-electron chi connectivity index (χ1n) is 3.23. The van der Waals surface area contributed by atoms with E-state index in [1.807, 2.05) is 0 Å². The van der Waals surface area contributed by atoms with E-state index in [-0.39, 0.29) is 12.0 Å². The van der Waals surface area contributed by atoms with Gasteiger partial charge in [0.15, 0.2) is 0 Å². The van der Waals surface area contributed by atoms with Crippen LogP contribution in [0.4, 0.5) is 0 Å². The van der Waals surface area contributed by atoms with Gasteiger partial charge in [0.1, 0.15) is 0 Å². The molecule has 2 atom stereocenters. The lowest BCUT2D eigenvalue weighted by Gasteiger charge is -2.08. The van der Waals surface area contributed by atoms with Gasteiger partial charge >= 0.3 is 0 Å². The third-order valence-corrected chi connectivity index (χ3v) is 1.91. The molecule has 0 bridgehead atoms. The van der Waals surface area contributed by atoms with Crippen LogP contribution in [0, 0.1) is 5.92 Å². The lowest BCUT2D eigenvalue weighted by atomic mass is 10.0. The van der Waals surface area contributed by atoms with Crippen molar-refractivity contribution in [3.05, 3.63) is 0 Å². The zero-order valence-electron chi connectivity index (χ0n) is 5.26. The molecule has 0 saturated heterocycles. The van der Waals surface area contributed by atoms with Crippen molar-refractivity contribution in [3.63, 3.8) is 0 Å². The number of hydrogen-bond donors (Lipinski definition) is 1. The van der Waals surface area contributed by atoms with Gasteiger partial charge in [0.05, 0.1) is 5.92 Å². The molecule has 0 aliphatic heterocycles. The van der Waals surface area contributed by atoms with Crippen molar-refractivity contribution in [1.82, 2.24) is 5.73 Å². The molecule has 1 aliphatic carbocycles. The van der Waals surface area contributed by atoms with E-state index in [4.69, 9.17) is 11.5 Å². The van der Waals surface area contributed by atoms with Gasteiger partial charge in [-0.05, 0) is 12.8 Å². The van der Waals surface area contributed by atoms with E-state index < -0.39 is 5.91 Å². The van der Waals surface area contributed by atoms with Gasteiger partial charge in [-0.2, -0.15) is 0 Å². The number of carbonyl (C=O) groups is 1. The third-order valence-electron chi connectivity index (χ3n) is 1.91. The molecule has 0 aromatic rings. The minimum Gasteiger partial charge on any atom is -0.327 e. The zero-order valence-corrected chi connectivity index (χ0v) is 5.26. The predicted octanol–water partition coefficient (Wildman–Crippen LogP) is -0.0767. The maximum absolute atomic E-state index is 10.4. The molecular formula is C6H11N2O. The van der Waals surface area contributed by atoms with Crippen molar-refractivity contribution in [2.24, 2.45) is 11.7 Å². The van der Waals surface area contributed by atoms with Gasteiger partial charge in [-0.15, -0.1) is 0 Å². The summed E-state index contributed by atoms with van der Waals surface area (Å²) in [6.07, 6.45) is 2.75. The second kappa shape index (κ2) is 2.35. The van der Waals surface area contributed by atoms with E-state index in [1.165, 1.54) is 0 Å². The van der Waals surface area contributed by atoms with Crippen LogP contribution in [0.5, 0.6) is 0 Å². The second-order valence-corrected chi connectivity index (χ2v) is 2.57. The van der Waals surface area contributed by atoms with Gasteiger partial charge in [-0.25, -0.2) is 0 Å². The normalized spacial score (nSPS) is 34.8. The highest BCUT2D eigenvalue weighted by molar-refractivity contribution is 5.76. The number of amides is 1. The average Bonchev–Trinajstić information content (AvgIpc) is 2.13. The second-order valence-electron chi connectivity index (χ2n) is 2.57. The molecule has 1 saturated carbocycles. The van der Waals surface area contributed by atoms with Crippen molar-refractivity contribution < 1.29 is 4.79 Å². The fourth-order valence-corrected chi connectivity index (χ4v) is 1.31. The van der Waals surface area contributed by atoms with Crippen molar-refractivity contribution in [1.29, 1.82) is 0 Å². The van der Waals surface area contributed by atoms with E-state index in [9.17, 15) is 4.79 Å². The van der Waals surface area contributed by atoms with Crippen LogP contribution in [0.2, 0.25) is 0 Å². The van der Waals surface area contributed by atoms with Crippen LogP contribution in [-0.2, 0) is 4.79 Å². The van der Waals surface area contributed by atoms with Gasteiger partial charge in [0, 0.05) is 6.04 Å². The SMILES string of the molecule is [NH]C(=O)[C@@H]1CCC[C@@H]1N. The lowest BCUT2D eigenvalue weighted by Crippen LogP contribution is -2.30. The molecule has 0 aromatic heterocycles. The van der Waals surface area contributed by atoms with Crippen LogP contribution in [0.3, 0.4) is 0 Å². The zero-order chi connectivity index (χ0) is 6.85. The molecule has 1 rings (SSSR count). The first kappa shape index (κ1) is 6.55. The number of nitrogens with two attached hydrogens (primary N) is 1. The number of rotatable bonds is 1. The molecule has 3 N–H and O–H groups in total. The van der Waals surface area contributed by atoms with Crippen LogP contribution >= 0.6 is 0 Å². The Labute approximate surface area is 54.4 Å². The first-order chi connectivity index (χ1) is 4.22. The monoisotopic (exact) mass is 127 g/mol. The topological polar surface area (TPSA) is 66.9 Å². The highest BCUT2D eigenvalue weighted by atomic mass is 16.1. The Morgan fingerprint density at radius 1 is 1.56 bits per heavy atom. The van der Waals surface area contributed by atoms with E-state index >= 15 is 0 Å². The molecule has 1 aliphatic rings. The lowest BCUT2D eigenvalue weighted by molar-refractivity contribution is -0.122. The Bertz CT molecular complexity index is 124. The molecule has 3 nitrogen and oxygen atoms in total. The fraction of sp³-hybridized carbons (Fsp3) is 0.833. The summed E-state index contributed by atoms with van der Waals surface area (Å²) in [6.45, 7) is 0. The quantitative estimate of drug-likeness (QED) is 0.535. The fourth-order valence-electron chi connectivity index (χ4n) is 1.31. The maximum Gasteiger partial charge on any atom is 0.243 e. The van der Waals surface area contributed by atoms with Crippen LogP contribution in [0.25, 0.3) is 0 Å². The first-order valence-corrected chi connectivity index (χ1v) is 3.23. The number of carbonyl (C=O) groups excluding carboxylic acids is 1. The number of nitrogens with one attached hydrogen (secondary N) is 1. The molecule has 1 radical (unpaired) electrons. The molecular weight excluding hydrogens is 116 g/mol. The van der Waals surface area contributed by atoms with Crippen molar-refractivity contribution in [2.45, 2.75) is 25.3 Å². The molecule has 0 aromatic carbocycles. The summed E-state index contributed by atoms with van der Waals surface area (Å²) in [5.41, 5.74) is 12.3. The largest absolute Gasteiger partial charge is 0.327 e. The molecule has 0 unspecified atom stereocenters. The standard InChI is InChI=1S/C6H11N2O/c7-5-3-1-2-4(5)6(8)9/h4-5,8H,1-3,7H2/t4-,5+/m1/s1. The Morgan fingerprint density at radius 2 is 2.22 bits per heavy atom. The average molecular weight is 127 g/mol. The summed E-state index contributed by atoms with van der Waals surface area (Å²) in [4.78, 5) is 10.4. The summed E-state index contributed by atoms with van der Waals surface area (Å²) in [5.74, 6) is -0.648. The molecule has 0 spiro atoms. The molecule has 1 fully saturated rings. The van der Waals surface area contributed by atoms with E-state index in [2.05, 4.69) is 0 Å². The Balaban J connectivity index is 2.49. The smallest absolute Gasteiger partial charge is 0.243 e. The van der Waals surface area contributed by atoms with Gasteiger partial charge < -0.3 is 5.73 Å². The van der Waals surface area contributed by atoms with E-state index in [0.717, 1.165) is 19.3 Å².